The third kappa shape index (κ3) is 4.38. The van der Waals surface area contributed by atoms with Crippen LogP contribution in [0.15, 0.2) is 6.33 Å². The molecule has 0 bridgehead atoms. The minimum absolute atomic E-state index is 0.0687. The maximum absolute atomic E-state index is 10.7. The number of imidazole rings is 1. The normalized spacial score (nSPS) is 12.2. The molecule has 122 valence electrons. The Kier molecular flexibility index (Phi) is 4.97. The predicted octanol–water partition coefficient (Wildman–Crippen LogP) is -0.233. The molecule has 0 aliphatic carbocycles. The minimum Gasteiger partial charge on any atom is -0.472 e. The van der Waals surface area contributed by atoms with Gasteiger partial charge >= 0.3 is 19.2 Å². The summed E-state index contributed by atoms with van der Waals surface area (Å²) >= 11 is 0. The van der Waals surface area contributed by atoms with E-state index in [0.717, 1.165) is 0 Å². The number of hydrogen-bond donors (Lipinski definition) is 4. The van der Waals surface area contributed by atoms with E-state index in [1.807, 2.05) is 13.8 Å². The molecular weight excluding hydrogens is 313 g/mol. The van der Waals surface area contributed by atoms with E-state index < -0.39 is 13.9 Å². The van der Waals surface area contributed by atoms with Crippen LogP contribution in [-0.4, -0.2) is 43.8 Å². The highest BCUT2D eigenvalue weighted by atomic mass is 31.2. The SMILES string of the molecule is CC(C)Oc1nc(N)nc2c1[nH]c[n+]2CCOCP(=O)(O)O. The second-order valence-corrected chi connectivity index (χ2v) is 6.51. The van der Waals surface area contributed by atoms with Crippen LogP contribution in [0, 0.1) is 0 Å². The summed E-state index contributed by atoms with van der Waals surface area (Å²) in [4.78, 5) is 28.6. The number of nitrogens with two attached hydrogens (primary N) is 1. The number of hydrogen-bond acceptors (Lipinski definition) is 6. The van der Waals surface area contributed by atoms with Crippen molar-refractivity contribution in [2.75, 3.05) is 18.7 Å². The fourth-order valence-corrected chi connectivity index (χ4v) is 2.18. The second-order valence-electron chi connectivity index (χ2n) is 4.92. The molecule has 0 radical (unpaired) electrons. The molecule has 22 heavy (non-hydrogen) atoms. The fraction of sp³-hybridized carbons (Fsp3) is 0.545. The lowest BCUT2D eigenvalue weighted by molar-refractivity contribution is -0.674. The van der Waals surface area contributed by atoms with Crippen LogP contribution in [0.5, 0.6) is 5.88 Å². The molecule has 11 heteroatoms. The lowest BCUT2D eigenvalue weighted by Gasteiger charge is -2.07. The molecule has 0 unspecified atom stereocenters. The van der Waals surface area contributed by atoms with E-state index in [4.69, 9.17) is 25.0 Å². The number of nitrogens with zero attached hydrogens (tertiary/aromatic N) is 3. The molecule has 2 heterocycles. The van der Waals surface area contributed by atoms with E-state index >= 15 is 0 Å². The van der Waals surface area contributed by atoms with Crippen molar-refractivity contribution in [1.29, 1.82) is 0 Å². The molecule has 0 saturated carbocycles. The van der Waals surface area contributed by atoms with Gasteiger partial charge in [-0.2, -0.15) is 4.98 Å². The van der Waals surface area contributed by atoms with E-state index in [1.165, 1.54) is 0 Å². The van der Waals surface area contributed by atoms with Gasteiger partial charge in [-0.3, -0.25) is 9.55 Å². The quantitative estimate of drug-likeness (QED) is 0.309. The Morgan fingerprint density at radius 3 is 2.82 bits per heavy atom. The average molecular weight is 332 g/mol. The van der Waals surface area contributed by atoms with Gasteiger partial charge in [0.05, 0.1) is 19.3 Å². The number of anilines is 1. The van der Waals surface area contributed by atoms with Crippen molar-refractivity contribution in [3.63, 3.8) is 0 Å². The molecular formula is C11H19N5O5P+. The molecule has 0 aromatic carbocycles. The summed E-state index contributed by atoms with van der Waals surface area (Å²) in [5.41, 5.74) is 6.80. The zero-order valence-corrected chi connectivity index (χ0v) is 13.2. The first-order valence-electron chi connectivity index (χ1n) is 6.59. The Labute approximate surface area is 126 Å². The van der Waals surface area contributed by atoms with Gasteiger partial charge in [0, 0.05) is 0 Å². The van der Waals surface area contributed by atoms with Gasteiger partial charge < -0.3 is 25.0 Å². The third-order valence-electron chi connectivity index (χ3n) is 2.59. The largest absolute Gasteiger partial charge is 0.472 e. The third-order valence-corrected chi connectivity index (χ3v) is 3.11. The number of H-pyrrole nitrogens is 1. The molecule has 0 saturated heterocycles. The van der Waals surface area contributed by atoms with Crippen molar-refractivity contribution in [3.05, 3.63) is 6.33 Å². The first-order valence-corrected chi connectivity index (χ1v) is 8.39. The second kappa shape index (κ2) is 6.57. The fourth-order valence-electron chi connectivity index (χ4n) is 1.81. The topological polar surface area (TPSA) is 147 Å². The highest BCUT2D eigenvalue weighted by molar-refractivity contribution is 7.51. The lowest BCUT2D eigenvalue weighted by atomic mass is 10.4. The maximum atomic E-state index is 10.7. The van der Waals surface area contributed by atoms with Crippen molar-refractivity contribution >= 4 is 24.7 Å². The summed E-state index contributed by atoms with van der Waals surface area (Å²) in [6.45, 7) is 4.21. The number of ether oxygens (including phenoxy) is 2. The Morgan fingerprint density at radius 1 is 1.45 bits per heavy atom. The Balaban J connectivity index is 2.15. The van der Waals surface area contributed by atoms with E-state index in [-0.39, 0.29) is 18.7 Å². The van der Waals surface area contributed by atoms with Crippen LogP contribution in [0.4, 0.5) is 5.95 Å². The molecule has 0 spiro atoms. The number of aromatic nitrogens is 4. The van der Waals surface area contributed by atoms with Gasteiger partial charge in [-0.05, 0) is 13.8 Å². The van der Waals surface area contributed by atoms with Gasteiger partial charge in [-0.25, -0.2) is 4.57 Å². The zero-order valence-electron chi connectivity index (χ0n) is 12.3. The first-order chi connectivity index (χ1) is 10.3. The highest BCUT2D eigenvalue weighted by Crippen LogP contribution is 2.33. The summed E-state index contributed by atoms with van der Waals surface area (Å²) < 4.78 is 22.9. The molecule has 2 aromatic rings. The summed E-state index contributed by atoms with van der Waals surface area (Å²) in [6.07, 6.45) is 0.961. The molecule has 2 aromatic heterocycles. The van der Waals surface area contributed by atoms with Crippen molar-refractivity contribution in [3.8, 4) is 5.88 Å². The van der Waals surface area contributed by atoms with Crippen molar-refractivity contribution in [1.82, 2.24) is 15.0 Å². The number of aromatic amines is 1. The Morgan fingerprint density at radius 2 is 2.18 bits per heavy atom. The van der Waals surface area contributed by atoms with Gasteiger partial charge in [0.25, 0.3) is 5.88 Å². The van der Waals surface area contributed by atoms with Crippen LogP contribution in [0.2, 0.25) is 0 Å². The van der Waals surface area contributed by atoms with Crippen molar-refractivity contribution in [2.45, 2.75) is 26.5 Å². The summed E-state index contributed by atoms with van der Waals surface area (Å²) in [5.74, 6) is 0.431. The van der Waals surface area contributed by atoms with Gasteiger partial charge in [-0.15, -0.1) is 0 Å². The summed E-state index contributed by atoms with van der Waals surface area (Å²) in [5, 5.41) is 0. The molecule has 0 fully saturated rings. The molecule has 0 aliphatic heterocycles. The smallest absolute Gasteiger partial charge is 0.350 e. The van der Waals surface area contributed by atoms with Gasteiger partial charge in [-0.1, -0.05) is 4.98 Å². The van der Waals surface area contributed by atoms with Crippen LogP contribution < -0.4 is 15.0 Å². The number of nitrogen functional groups attached to an aromatic ring is 1. The van der Waals surface area contributed by atoms with Crippen molar-refractivity contribution in [2.24, 2.45) is 0 Å². The van der Waals surface area contributed by atoms with E-state index in [2.05, 4.69) is 15.0 Å². The van der Waals surface area contributed by atoms with Crippen LogP contribution in [0.1, 0.15) is 13.8 Å². The lowest BCUT2D eigenvalue weighted by Crippen LogP contribution is -2.35. The number of fused-ring (bicyclic) bond motifs is 1. The van der Waals surface area contributed by atoms with E-state index in [1.54, 1.807) is 10.9 Å². The molecule has 2 rings (SSSR count). The minimum atomic E-state index is -4.16. The van der Waals surface area contributed by atoms with Gasteiger partial charge in [0.1, 0.15) is 6.35 Å². The maximum Gasteiger partial charge on any atom is 0.350 e. The predicted molar refractivity (Wildman–Crippen MR) is 77.1 cm³/mol. The number of nitrogens with one attached hydrogen (secondary N) is 1. The van der Waals surface area contributed by atoms with E-state index in [0.29, 0.717) is 23.6 Å². The molecule has 0 atom stereocenters. The highest BCUT2D eigenvalue weighted by Gasteiger charge is 2.21. The van der Waals surface area contributed by atoms with Gasteiger partial charge in [0.15, 0.2) is 6.33 Å². The van der Waals surface area contributed by atoms with Crippen LogP contribution in [0.3, 0.4) is 0 Å². The Hall–Kier alpha value is -1.74. The van der Waals surface area contributed by atoms with Crippen LogP contribution >= 0.6 is 7.60 Å². The average Bonchev–Trinajstić information content (AvgIpc) is 2.76. The number of rotatable bonds is 7. The van der Waals surface area contributed by atoms with Crippen LogP contribution in [0.25, 0.3) is 11.2 Å². The molecule has 5 N–H and O–H groups in total. The molecule has 0 amide bonds. The first kappa shape index (κ1) is 16.6. The standard InChI is InChI=1S/C11H18N5O5P/c1-7(2)21-10-8-9(14-11(12)15-10)16(5-13-8)3-4-20-6-22(17,18)19/h5,7H,3-4,6H2,1-2H3,(H4,12,14,15,17,18,19)/p+1. The summed E-state index contributed by atoms with van der Waals surface area (Å²) in [7, 11) is -4.16. The van der Waals surface area contributed by atoms with Gasteiger partial charge in [0.2, 0.25) is 5.52 Å². The zero-order chi connectivity index (χ0) is 16.3. The van der Waals surface area contributed by atoms with E-state index in [9.17, 15) is 4.57 Å². The van der Waals surface area contributed by atoms with Crippen molar-refractivity contribution < 1.29 is 28.4 Å². The molecule has 10 nitrogen and oxygen atoms in total. The molecule has 0 aliphatic rings. The monoisotopic (exact) mass is 332 g/mol. The summed E-state index contributed by atoms with van der Waals surface area (Å²) in [6, 6.07) is 0. The van der Waals surface area contributed by atoms with Crippen LogP contribution in [-0.2, 0) is 15.8 Å². The Bertz CT molecular complexity index is 697.